The molecule has 3 aromatic rings. The Hall–Kier alpha value is -2.86. The average Bonchev–Trinajstić information content (AvgIpc) is 3.17. The van der Waals surface area contributed by atoms with Crippen molar-refractivity contribution >= 4 is 17.2 Å². The summed E-state index contributed by atoms with van der Waals surface area (Å²) in [7, 11) is 0. The molecule has 29 heavy (non-hydrogen) atoms. The number of aryl methyl sites for hydroxylation is 2. The highest BCUT2D eigenvalue weighted by Crippen LogP contribution is 2.18. The predicted octanol–water partition coefficient (Wildman–Crippen LogP) is 4.55. The summed E-state index contributed by atoms with van der Waals surface area (Å²) in [4.78, 5) is 16.3. The Bertz CT molecular complexity index is 879. The average molecular weight is 411 g/mol. The number of thiazole rings is 1. The van der Waals surface area contributed by atoms with Crippen molar-refractivity contribution < 1.29 is 14.3 Å². The molecule has 0 radical (unpaired) electrons. The third kappa shape index (κ3) is 7.58. The van der Waals surface area contributed by atoms with Crippen LogP contribution in [0, 0.1) is 6.92 Å². The molecule has 0 aliphatic carbocycles. The third-order valence-electron chi connectivity index (χ3n) is 4.25. The van der Waals surface area contributed by atoms with Gasteiger partial charge in [0.2, 0.25) is 0 Å². The van der Waals surface area contributed by atoms with Gasteiger partial charge >= 0.3 is 0 Å². The molecule has 2 aromatic carbocycles. The van der Waals surface area contributed by atoms with Gasteiger partial charge in [-0.2, -0.15) is 0 Å². The highest BCUT2D eigenvalue weighted by atomic mass is 32.1. The summed E-state index contributed by atoms with van der Waals surface area (Å²) in [6, 6.07) is 17.3. The van der Waals surface area contributed by atoms with Crippen LogP contribution in [0.4, 0.5) is 0 Å². The highest BCUT2D eigenvalue weighted by Gasteiger charge is 2.04. The fraction of sp³-hybridized carbons (Fsp3) is 0.304. The van der Waals surface area contributed by atoms with E-state index in [9.17, 15) is 4.79 Å². The second-order valence-corrected chi connectivity index (χ2v) is 7.67. The first kappa shape index (κ1) is 20.9. The number of hydrogen-bond donors (Lipinski definition) is 1. The number of unbranched alkanes of at least 4 members (excludes halogenated alkanes) is 1. The van der Waals surface area contributed by atoms with Crippen LogP contribution in [0.5, 0.6) is 11.5 Å². The Morgan fingerprint density at radius 2 is 1.72 bits per heavy atom. The molecule has 0 spiro atoms. The van der Waals surface area contributed by atoms with Crippen LogP contribution in [-0.2, 0) is 17.8 Å². The number of carbonyl (C=O) groups excluding carboxylic acids is 1. The number of amides is 1. The lowest BCUT2D eigenvalue weighted by Crippen LogP contribution is -2.29. The van der Waals surface area contributed by atoms with E-state index in [1.165, 1.54) is 0 Å². The second-order valence-electron chi connectivity index (χ2n) is 6.72. The van der Waals surface area contributed by atoms with Crippen molar-refractivity contribution in [3.8, 4) is 11.5 Å². The van der Waals surface area contributed by atoms with Gasteiger partial charge in [-0.15, -0.1) is 11.3 Å². The molecule has 5 nitrogen and oxygen atoms in total. The standard InChI is InChI=1S/C23H26N2O3S/c1-18-17-29-23(25-18)9-5-6-14-24-22(26)16-28-21-12-10-20(11-13-21)27-15-19-7-3-2-4-8-19/h2-4,7-8,10-13,17H,5-6,9,14-16H2,1H3,(H,24,26). The fourth-order valence-electron chi connectivity index (χ4n) is 2.72. The molecule has 0 saturated carbocycles. The molecule has 1 aromatic heterocycles. The minimum absolute atomic E-state index is 0.00982. The first-order chi connectivity index (χ1) is 14.2. The summed E-state index contributed by atoms with van der Waals surface area (Å²) in [6.07, 6.45) is 2.90. The number of carbonyl (C=O) groups is 1. The van der Waals surface area contributed by atoms with E-state index in [1.54, 1.807) is 11.3 Å². The highest BCUT2D eigenvalue weighted by molar-refractivity contribution is 7.09. The first-order valence-corrected chi connectivity index (χ1v) is 10.6. The van der Waals surface area contributed by atoms with E-state index in [0.29, 0.717) is 18.9 Å². The van der Waals surface area contributed by atoms with Crippen molar-refractivity contribution in [2.45, 2.75) is 32.8 Å². The van der Waals surface area contributed by atoms with Crippen LogP contribution in [0.2, 0.25) is 0 Å². The van der Waals surface area contributed by atoms with Gasteiger partial charge in [0, 0.05) is 17.6 Å². The minimum Gasteiger partial charge on any atom is -0.489 e. The van der Waals surface area contributed by atoms with E-state index in [0.717, 1.165) is 41.3 Å². The third-order valence-corrected chi connectivity index (χ3v) is 5.27. The number of nitrogens with one attached hydrogen (secondary N) is 1. The fourth-order valence-corrected chi connectivity index (χ4v) is 3.54. The topological polar surface area (TPSA) is 60.5 Å². The Labute approximate surface area is 175 Å². The van der Waals surface area contributed by atoms with E-state index >= 15 is 0 Å². The van der Waals surface area contributed by atoms with Crippen LogP contribution in [0.15, 0.2) is 60.0 Å². The van der Waals surface area contributed by atoms with Crippen LogP contribution >= 0.6 is 11.3 Å². The number of ether oxygens (including phenoxy) is 2. The summed E-state index contributed by atoms with van der Waals surface area (Å²) in [5.74, 6) is 1.30. The lowest BCUT2D eigenvalue weighted by atomic mass is 10.2. The molecule has 152 valence electrons. The van der Waals surface area contributed by atoms with Crippen molar-refractivity contribution in [1.29, 1.82) is 0 Å². The maximum Gasteiger partial charge on any atom is 0.257 e. The molecule has 0 bridgehead atoms. The van der Waals surface area contributed by atoms with Gasteiger partial charge in [-0.05, 0) is 56.0 Å². The smallest absolute Gasteiger partial charge is 0.257 e. The molecule has 3 rings (SSSR count). The molecule has 0 atom stereocenters. The Morgan fingerprint density at radius 3 is 2.41 bits per heavy atom. The van der Waals surface area contributed by atoms with Crippen LogP contribution in [0.3, 0.4) is 0 Å². The number of aromatic nitrogens is 1. The lowest BCUT2D eigenvalue weighted by molar-refractivity contribution is -0.123. The number of nitrogens with zero attached hydrogens (tertiary/aromatic N) is 1. The van der Waals surface area contributed by atoms with E-state index < -0.39 is 0 Å². The molecule has 0 saturated heterocycles. The largest absolute Gasteiger partial charge is 0.489 e. The predicted molar refractivity (Wildman–Crippen MR) is 116 cm³/mol. The number of hydrogen-bond acceptors (Lipinski definition) is 5. The van der Waals surface area contributed by atoms with Gasteiger partial charge in [-0.3, -0.25) is 4.79 Å². The quantitative estimate of drug-likeness (QED) is 0.471. The summed E-state index contributed by atoms with van der Waals surface area (Å²) in [5.41, 5.74) is 2.19. The van der Waals surface area contributed by atoms with Gasteiger partial charge in [0.25, 0.3) is 5.91 Å². The Balaban J connectivity index is 1.28. The molecular weight excluding hydrogens is 384 g/mol. The molecule has 0 fully saturated rings. The van der Waals surface area contributed by atoms with Crippen LogP contribution in [0.1, 0.15) is 29.1 Å². The first-order valence-electron chi connectivity index (χ1n) is 9.76. The van der Waals surface area contributed by atoms with E-state index in [2.05, 4.69) is 15.7 Å². The van der Waals surface area contributed by atoms with Gasteiger partial charge in [0.1, 0.15) is 18.1 Å². The summed E-state index contributed by atoms with van der Waals surface area (Å²) in [5, 5.41) is 6.11. The zero-order valence-electron chi connectivity index (χ0n) is 16.6. The summed E-state index contributed by atoms with van der Waals surface area (Å²) >= 11 is 1.69. The van der Waals surface area contributed by atoms with Crippen molar-refractivity contribution in [3.05, 3.63) is 76.2 Å². The maximum absolute atomic E-state index is 11.9. The Morgan fingerprint density at radius 1 is 1.00 bits per heavy atom. The second kappa shape index (κ2) is 11.2. The van der Waals surface area contributed by atoms with E-state index in [-0.39, 0.29) is 12.5 Å². The molecule has 0 unspecified atom stereocenters. The molecule has 0 aliphatic rings. The Kier molecular flexibility index (Phi) is 8.07. The maximum atomic E-state index is 11.9. The van der Waals surface area contributed by atoms with Crippen LogP contribution in [0.25, 0.3) is 0 Å². The zero-order chi connectivity index (χ0) is 20.3. The van der Waals surface area contributed by atoms with E-state index in [4.69, 9.17) is 9.47 Å². The van der Waals surface area contributed by atoms with Gasteiger partial charge in [0.15, 0.2) is 6.61 Å². The van der Waals surface area contributed by atoms with Crippen LogP contribution < -0.4 is 14.8 Å². The molecule has 1 amide bonds. The van der Waals surface area contributed by atoms with Gasteiger partial charge in [0.05, 0.1) is 5.01 Å². The lowest BCUT2D eigenvalue weighted by Gasteiger charge is -2.09. The summed E-state index contributed by atoms with van der Waals surface area (Å²) in [6.45, 7) is 3.19. The molecule has 0 aliphatic heterocycles. The zero-order valence-corrected chi connectivity index (χ0v) is 17.4. The van der Waals surface area contributed by atoms with Gasteiger partial charge in [-0.25, -0.2) is 4.98 Å². The van der Waals surface area contributed by atoms with Crippen LogP contribution in [-0.4, -0.2) is 24.0 Å². The van der Waals surface area contributed by atoms with Crippen molar-refractivity contribution in [2.24, 2.45) is 0 Å². The minimum atomic E-state index is -0.112. The molecule has 1 heterocycles. The molecular formula is C23H26N2O3S. The van der Waals surface area contributed by atoms with Gasteiger partial charge in [-0.1, -0.05) is 30.3 Å². The number of rotatable bonds is 11. The summed E-state index contributed by atoms with van der Waals surface area (Å²) < 4.78 is 11.3. The van der Waals surface area contributed by atoms with Crippen molar-refractivity contribution in [2.75, 3.05) is 13.2 Å². The van der Waals surface area contributed by atoms with E-state index in [1.807, 2.05) is 61.5 Å². The molecule has 6 heteroatoms. The monoisotopic (exact) mass is 410 g/mol. The normalized spacial score (nSPS) is 10.5. The SMILES string of the molecule is Cc1csc(CCCCNC(=O)COc2ccc(OCc3ccccc3)cc2)n1. The van der Waals surface area contributed by atoms with Gasteiger partial charge < -0.3 is 14.8 Å². The number of benzene rings is 2. The molecule has 1 N–H and O–H groups in total. The van der Waals surface area contributed by atoms with Crippen molar-refractivity contribution in [1.82, 2.24) is 10.3 Å². The van der Waals surface area contributed by atoms with Crippen molar-refractivity contribution in [3.63, 3.8) is 0 Å².